The lowest BCUT2D eigenvalue weighted by Gasteiger charge is -2.17. The van der Waals surface area contributed by atoms with Gasteiger partial charge < -0.3 is 5.32 Å². The largest absolute Gasteiger partial charge is 0.416 e. The average Bonchev–Trinajstić information content (AvgIpc) is 3.06. The van der Waals surface area contributed by atoms with Crippen molar-refractivity contribution in [3.63, 3.8) is 0 Å². The molecule has 1 aromatic heterocycles. The number of thioether (sulfide) groups is 1. The molecule has 0 fully saturated rings. The molecule has 0 spiro atoms. The number of halogens is 3. The number of benzene rings is 2. The van der Waals surface area contributed by atoms with Gasteiger partial charge in [0.15, 0.2) is 5.16 Å². The monoisotopic (exact) mass is 436 g/mol. The van der Waals surface area contributed by atoms with Crippen LogP contribution in [-0.4, -0.2) is 20.7 Å². The summed E-state index contributed by atoms with van der Waals surface area (Å²) in [7, 11) is 0. The van der Waals surface area contributed by atoms with Gasteiger partial charge in [-0.05, 0) is 30.2 Å². The van der Waals surface area contributed by atoms with Gasteiger partial charge in [-0.25, -0.2) is 9.89 Å². The van der Waals surface area contributed by atoms with Crippen LogP contribution in [0.4, 0.5) is 18.9 Å². The van der Waals surface area contributed by atoms with Crippen molar-refractivity contribution in [2.45, 2.75) is 36.5 Å². The summed E-state index contributed by atoms with van der Waals surface area (Å²) in [4.78, 5) is 25.0. The second-order valence-corrected chi connectivity index (χ2v) is 7.51. The number of nitrogens with one attached hydrogen (secondary N) is 2. The molecule has 1 atom stereocenters. The molecule has 1 amide bonds. The van der Waals surface area contributed by atoms with Gasteiger partial charge in [-0.3, -0.25) is 9.36 Å². The molecule has 2 aromatic carbocycles. The normalized spacial score (nSPS) is 12.5. The molecular formula is C20H19F3N4O2S. The molecule has 0 aliphatic carbocycles. The first-order valence-corrected chi connectivity index (χ1v) is 10.0. The van der Waals surface area contributed by atoms with E-state index in [1.165, 1.54) is 16.7 Å². The Kier molecular flexibility index (Phi) is 6.66. The number of rotatable bonds is 7. The van der Waals surface area contributed by atoms with Gasteiger partial charge >= 0.3 is 11.9 Å². The van der Waals surface area contributed by atoms with E-state index in [9.17, 15) is 22.8 Å². The maximum Gasteiger partial charge on any atom is 0.416 e. The van der Waals surface area contributed by atoms with E-state index in [0.29, 0.717) is 23.7 Å². The molecule has 0 saturated heterocycles. The van der Waals surface area contributed by atoms with Crippen LogP contribution < -0.4 is 11.0 Å². The van der Waals surface area contributed by atoms with Gasteiger partial charge in [0.1, 0.15) is 5.25 Å². The van der Waals surface area contributed by atoms with Gasteiger partial charge in [-0.15, -0.1) is 5.10 Å². The molecular weight excluding hydrogens is 417 g/mol. The van der Waals surface area contributed by atoms with E-state index in [-0.39, 0.29) is 11.4 Å². The fourth-order valence-corrected chi connectivity index (χ4v) is 3.87. The number of anilines is 1. The van der Waals surface area contributed by atoms with E-state index in [4.69, 9.17) is 0 Å². The van der Waals surface area contributed by atoms with E-state index >= 15 is 0 Å². The highest BCUT2D eigenvalue weighted by molar-refractivity contribution is 8.00. The summed E-state index contributed by atoms with van der Waals surface area (Å²) in [6.07, 6.45) is -3.82. The highest BCUT2D eigenvalue weighted by atomic mass is 32.2. The molecule has 1 heterocycles. The Hall–Kier alpha value is -3.01. The number of H-pyrrole nitrogens is 1. The number of hydrogen-bond donors (Lipinski definition) is 2. The average molecular weight is 436 g/mol. The number of nitrogens with zero attached hydrogens (tertiary/aromatic N) is 2. The highest BCUT2D eigenvalue weighted by Gasteiger charge is 2.31. The molecule has 1 unspecified atom stereocenters. The van der Waals surface area contributed by atoms with Crippen molar-refractivity contribution in [3.05, 3.63) is 76.2 Å². The van der Waals surface area contributed by atoms with Crippen LogP contribution in [0.2, 0.25) is 0 Å². The SMILES string of the molecule is CCCn1c(SC(C(=O)Nc2cccc(C(F)(F)F)c2)c2ccccc2)n[nH]c1=O. The van der Waals surface area contributed by atoms with E-state index in [2.05, 4.69) is 15.5 Å². The second-order valence-electron chi connectivity index (χ2n) is 6.44. The predicted octanol–water partition coefficient (Wildman–Crippen LogP) is 4.47. The van der Waals surface area contributed by atoms with E-state index in [1.54, 1.807) is 30.3 Å². The maximum absolute atomic E-state index is 13.0. The van der Waals surface area contributed by atoms with Crippen LogP contribution in [0.3, 0.4) is 0 Å². The maximum atomic E-state index is 13.0. The molecule has 6 nitrogen and oxygen atoms in total. The van der Waals surface area contributed by atoms with Gasteiger partial charge in [0.2, 0.25) is 5.91 Å². The van der Waals surface area contributed by atoms with Gasteiger partial charge in [-0.2, -0.15) is 13.2 Å². The van der Waals surface area contributed by atoms with Crippen LogP contribution in [0, 0.1) is 0 Å². The molecule has 0 radical (unpaired) electrons. The quantitative estimate of drug-likeness (QED) is 0.536. The van der Waals surface area contributed by atoms with Crippen LogP contribution in [-0.2, 0) is 17.5 Å². The molecule has 10 heteroatoms. The summed E-state index contributed by atoms with van der Waals surface area (Å²) in [6.45, 7) is 2.33. The number of aromatic amines is 1. The number of aromatic nitrogens is 3. The topological polar surface area (TPSA) is 79.8 Å². The Bertz CT molecular complexity index is 1060. The molecule has 0 saturated carbocycles. The van der Waals surface area contributed by atoms with E-state index < -0.39 is 22.9 Å². The molecule has 3 aromatic rings. The summed E-state index contributed by atoms with van der Waals surface area (Å²) >= 11 is 1.05. The summed E-state index contributed by atoms with van der Waals surface area (Å²) in [5, 5.41) is 8.41. The molecule has 158 valence electrons. The summed E-state index contributed by atoms with van der Waals surface area (Å²) in [5.74, 6) is -0.524. The number of hydrogen-bond acceptors (Lipinski definition) is 4. The van der Waals surface area contributed by atoms with Crippen molar-refractivity contribution < 1.29 is 18.0 Å². The Morgan fingerprint density at radius 2 is 1.93 bits per heavy atom. The van der Waals surface area contributed by atoms with E-state index in [1.807, 2.05) is 6.92 Å². The smallest absolute Gasteiger partial charge is 0.325 e. The second kappa shape index (κ2) is 9.21. The van der Waals surface area contributed by atoms with Crippen molar-refractivity contribution >= 4 is 23.4 Å². The number of amides is 1. The van der Waals surface area contributed by atoms with Gasteiger partial charge in [0.25, 0.3) is 0 Å². The van der Waals surface area contributed by atoms with Crippen LogP contribution >= 0.6 is 11.8 Å². The first kappa shape index (κ1) is 21.7. The summed E-state index contributed by atoms with van der Waals surface area (Å²) in [6, 6.07) is 13.2. The third-order valence-corrected chi connectivity index (χ3v) is 5.44. The molecule has 3 rings (SSSR count). The first-order valence-electron chi connectivity index (χ1n) is 9.14. The minimum atomic E-state index is -4.51. The third-order valence-electron chi connectivity index (χ3n) is 4.19. The van der Waals surface area contributed by atoms with Crippen LogP contribution in [0.15, 0.2) is 64.5 Å². The van der Waals surface area contributed by atoms with Crippen molar-refractivity contribution in [1.82, 2.24) is 14.8 Å². The van der Waals surface area contributed by atoms with Gasteiger partial charge in [0.05, 0.1) is 5.56 Å². The molecule has 30 heavy (non-hydrogen) atoms. The number of carbonyl (C=O) groups is 1. The Morgan fingerprint density at radius 3 is 2.60 bits per heavy atom. The summed E-state index contributed by atoms with van der Waals surface area (Å²) < 4.78 is 40.4. The third kappa shape index (κ3) is 5.12. The first-order chi connectivity index (χ1) is 14.3. The number of alkyl halides is 3. The zero-order valence-electron chi connectivity index (χ0n) is 15.9. The lowest BCUT2D eigenvalue weighted by Crippen LogP contribution is -2.21. The van der Waals surface area contributed by atoms with Crippen LogP contribution in [0.25, 0.3) is 0 Å². The van der Waals surface area contributed by atoms with Crippen LogP contribution in [0.5, 0.6) is 0 Å². The fourth-order valence-electron chi connectivity index (χ4n) is 2.80. The summed E-state index contributed by atoms with van der Waals surface area (Å²) in [5.41, 5.74) is -0.576. The molecule has 2 N–H and O–H groups in total. The predicted molar refractivity (Wildman–Crippen MR) is 108 cm³/mol. The zero-order valence-corrected chi connectivity index (χ0v) is 16.8. The fraction of sp³-hybridized carbons (Fsp3) is 0.250. The lowest BCUT2D eigenvalue weighted by molar-refractivity contribution is -0.137. The highest BCUT2D eigenvalue weighted by Crippen LogP contribution is 2.36. The van der Waals surface area contributed by atoms with Crippen molar-refractivity contribution in [1.29, 1.82) is 0 Å². The Morgan fingerprint density at radius 1 is 1.20 bits per heavy atom. The van der Waals surface area contributed by atoms with Gasteiger partial charge in [-0.1, -0.05) is 55.1 Å². The van der Waals surface area contributed by atoms with Crippen molar-refractivity contribution in [2.75, 3.05) is 5.32 Å². The molecule has 0 aliphatic heterocycles. The molecule has 0 bridgehead atoms. The zero-order chi connectivity index (χ0) is 21.7. The van der Waals surface area contributed by atoms with Crippen molar-refractivity contribution in [2.24, 2.45) is 0 Å². The van der Waals surface area contributed by atoms with Gasteiger partial charge in [0, 0.05) is 12.2 Å². The van der Waals surface area contributed by atoms with Crippen LogP contribution in [0.1, 0.15) is 29.7 Å². The van der Waals surface area contributed by atoms with Crippen molar-refractivity contribution in [3.8, 4) is 0 Å². The number of carbonyl (C=O) groups excluding carboxylic acids is 1. The minimum absolute atomic E-state index is 0.0318. The van der Waals surface area contributed by atoms with E-state index in [0.717, 1.165) is 23.9 Å². The Labute approximate surface area is 174 Å². The standard InChI is InChI=1S/C20H19F3N4O2S/c1-2-11-27-18(29)25-26-19(27)30-16(13-7-4-3-5-8-13)17(28)24-15-10-6-9-14(12-15)20(21,22)23/h3-10,12,16H,2,11H2,1H3,(H,24,28)(H,25,29). The Balaban J connectivity index is 1.90. The minimum Gasteiger partial charge on any atom is -0.325 e. The molecule has 0 aliphatic rings. The lowest BCUT2D eigenvalue weighted by atomic mass is 10.1.